The van der Waals surface area contributed by atoms with Crippen molar-refractivity contribution in [1.29, 1.82) is 0 Å². The zero-order valence-corrected chi connectivity index (χ0v) is 47.4. The molecule has 0 N–H and O–H groups in total. The van der Waals surface area contributed by atoms with Gasteiger partial charge in [-0.05, 0) is 112 Å². The lowest BCUT2D eigenvalue weighted by Crippen LogP contribution is -2.34. The van der Waals surface area contributed by atoms with Crippen LogP contribution in [0.3, 0.4) is 0 Å². The molecule has 360 valence electrons. The summed E-state index contributed by atoms with van der Waals surface area (Å²) in [4.78, 5) is 37.6. The van der Waals surface area contributed by atoms with E-state index in [1.165, 1.54) is 147 Å². The zero-order chi connectivity index (χ0) is 46.3. The van der Waals surface area contributed by atoms with Gasteiger partial charge in [0, 0.05) is 22.5 Å². The normalized spacial score (nSPS) is 15.4. The maximum atomic E-state index is 15.7. The topological polar surface area (TPSA) is 40.6 Å². The Morgan fingerprint density at radius 2 is 0.831 bits per heavy atom. The second-order valence-corrected chi connectivity index (χ2v) is 26.1. The Morgan fingerprint density at radius 3 is 1.28 bits per heavy atom. The van der Waals surface area contributed by atoms with Crippen LogP contribution in [0.15, 0.2) is 30.9 Å². The number of unbranched alkanes of at least 4 members (excludes halogenated alkanes) is 16. The molecule has 10 heteroatoms. The van der Waals surface area contributed by atoms with Crippen LogP contribution in [-0.4, -0.2) is 34.7 Å². The number of rotatable bonds is 33. The summed E-state index contributed by atoms with van der Waals surface area (Å²) >= 11 is 15.2. The summed E-state index contributed by atoms with van der Waals surface area (Å²) in [6.45, 7) is 15.0. The van der Waals surface area contributed by atoms with Crippen LogP contribution in [-0.2, 0) is 22.4 Å². The predicted octanol–water partition coefficient (Wildman–Crippen LogP) is 19.8. The van der Waals surface area contributed by atoms with Crippen molar-refractivity contribution in [2.75, 3.05) is 13.1 Å². The first-order chi connectivity index (χ1) is 31.7. The fourth-order valence-corrected chi connectivity index (χ4v) is 17.3. The first-order valence-corrected chi connectivity index (χ1v) is 31.1. The standard InChI is InChI=1S/C55H80Br2N2O2S4/c1-7-13-18-21-22-23-24-25-28-33-41-51-44(65-53(41)57)34-42(62-51)48-46-47(54(60)58(48)36-38(12-6)29-16-10-4)49(59(55(46)61)37-39(30-17-11-5)31-26-19-14-8-2)43-35-45-50(63-43)40(52(56)64-45)32-27-20-15-9-3/h34-35,38-39H,7-33,36-37H2,1-6H3. The van der Waals surface area contributed by atoms with Crippen LogP contribution in [0.4, 0.5) is 0 Å². The van der Waals surface area contributed by atoms with Crippen LogP contribution in [0.25, 0.3) is 30.2 Å². The highest BCUT2D eigenvalue weighted by Gasteiger charge is 2.50. The molecule has 2 unspecified atom stereocenters. The minimum atomic E-state index is 0.0365. The van der Waals surface area contributed by atoms with Gasteiger partial charge < -0.3 is 9.80 Å². The van der Waals surface area contributed by atoms with Gasteiger partial charge in [0.25, 0.3) is 11.8 Å². The molecule has 0 bridgehead atoms. The Labute approximate surface area is 426 Å². The highest BCUT2D eigenvalue weighted by atomic mass is 79.9. The number of carbonyl (C=O) groups is 2. The summed E-state index contributed by atoms with van der Waals surface area (Å²) in [6.07, 6.45) is 32.8. The lowest BCUT2D eigenvalue weighted by Gasteiger charge is -2.29. The molecule has 0 radical (unpaired) electrons. The van der Waals surface area contributed by atoms with Crippen molar-refractivity contribution in [2.45, 2.75) is 215 Å². The number of amides is 2. The molecule has 4 aromatic heterocycles. The summed E-state index contributed by atoms with van der Waals surface area (Å²) in [5.41, 5.74) is 5.92. The first-order valence-electron chi connectivity index (χ1n) is 26.3. The van der Waals surface area contributed by atoms with Crippen molar-refractivity contribution >= 4 is 119 Å². The minimum absolute atomic E-state index is 0.0365. The van der Waals surface area contributed by atoms with Crippen LogP contribution >= 0.6 is 77.2 Å². The molecule has 6 rings (SSSR count). The molecule has 2 aliphatic rings. The van der Waals surface area contributed by atoms with Gasteiger partial charge in [0.05, 0.1) is 49.3 Å². The Morgan fingerprint density at radius 1 is 0.462 bits per heavy atom. The molecular formula is C55H80Br2N2O2S4. The van der Waals surface area contributed by atoms with Crippen LogP contribution in [0.1, 0.15) is 223 Å². The van der Waals surface area contributed by atoms with Gasteiger partial charge in [-0.2, -0.15) is 0 Å². The van der Waals surface area contributed by atoms with Crippen molar-refractivity contribution in [2.24, 2.45) is 11.8 Å². The summed E-state index contributed by atoms with van der Waals surface area (Å²) in [5.74, 6) is 0.858. The van der Waals surface area contributed by atoms with E-state index in [4.69, 9.17) is 0 Å². The number of thiophene rings is 4. The van der Waals surface area contributed by atoms with E-state index in [2.05, 4.69) is 95.3 Å². The van der Waals surface area contributed by atoms with Gasteiger partial charge in [0.1, 0.15) is 0 Å². The largest absolute Gasteiger partial charge is 0.306 e. The second-order valence-electron chi connectivity index (χ2n) is 19.3. The molecular weight excluding hydrogens is 1010 g/mol. The van der Waals surface area contributed by atoms with Gasteiger partial charge in [-0.15, -0.1) is 45.3 Å². The SMILES string of the molecule is CCCCCCCCCCCc1c(Br)sc2cc(C3=C4C(=O)N(CC(CCCC)CCCCCC)C(c5cc6sc(Br)c(CCCCCC)c6s5)=C4C(=O)N3CC(CC)CCCC)sc12. The van der Waals surface area contributed by atoms with E-state index in [0.717, 1.165) is 85.4 Å². The van der Waals surface area contributed by atoms with Gasteiger partial charge in [-0.1, -0.05) is 170 Å². The molecule has 4 aromatic rings. The molecule has 2 aliphatic heterocycles. The molecule has 2 amide bonds. The number of fused-ring (bicyclic) bond motifs is 3. The average molecular weight is 1090 g/mol. The van der Waals surface area contributed by atoms with E-state index in [-0.39, 0.29) is 11.8 Å². The third-order valence-corrected chi connectivity index (χ3v) is 20.7. The van der Waals surface area contributed by atoms with E-state index >= 15 is 9.59 Å². The van der Waals surface area contributed by atoms with E-state index < -0.39 is 0 Å². The molecule has 2 atom stereocenters. The molecule has 65 heavy (non-hydrogen) atoms. The van der Waals surface area contributed by atoms with Gasteiger partial charge >= 0.3 is 0 Å². The zero-order valence-electron chi connectivity index (χ0n) is 40.9. The highest BCUT2D eigenvalue weighted by Crippen LogP contribution is 2.53. The average Bonchev–Trinajstić information content (AvgIpc) is 4.13. The maximum Gasteiger partial charge on any atom is 0.261 e. The Kier molecular flexibility index (Phi) is 22.2. The fraction of sp³-hybridized carbons (Fsp3) is 0.673. The smallest absolute Gasteiger partial charge is 0.261 e. The van der Waals surface area contributed by atoms with Gasteiger partial charge in [-0.3, -0.25) is 9.59 Å². The lowest BCUT2D eigenvalue weighted by molar-refractivity contribution is -0.124. The number of nitrogens with zero attached hydrogens (tertiary/aromatic N) is 2. The number of halogens is 2. The molecule has 0 saturated heterocycles. The lowest BCUT2D eigenvalue weighted by atomic mass is 9.94. The number of carbonyl (C=O) groups excluding carboxylic acids is 2. The van der Waals surface area contributed by atoms with Crippen molar-refractivity contribution in [3.05, 3.63) is 51.7 Å². The molecule has 4 nitrogen and oxygen atoms in total. The van der Waals surface area contributed by atoms with Gasteiger partial charge in [0.15, 0.2) is 0 Å². The van der Waals surface area contributed by atoms with Crippen molar-refractivity contribution in [3.8, 4) is 0 Å². The molecule has 0 aromatic carbocycles. The van der Waals surface area contributed by atoms with Gasteiger partial charge in [0.2, 0.25) is 0 Å². The third-order valence-electron chi connectivity index (χ3n) is 14.1. The second kappa shape index (κ2) is 27.2. The van der Waals surface area contributed by atoms with Crippen LogP contribution < -0.4 is 0 Å². The number of aryl methyl sites for hydroxylation is 2. The third kappa shape index (κ3) is 13.3. The summed E-state index contributed by atoms with van der Waals surface area (Å²) < 4.78 is 7.66. The summed E-state index contributed by atoms with van der Waals surface area (Å²) in [7, 11) is 0. The van der Waals surface area contributed by atoms with Crippen molar-refractivity contribution in [1.82, 2.24) is 9.80 Å². The fourth-order valence-electron chi connectivity index (χ4n) is 10.2. The maximum absolute atomic E-state index is 15.7. The predicted molar refractivity (Wildman–Crippen MR) is 296 cm³/mol. The van der Waals surface area contributed by atoms with E-state index in [9.17, 15) is 0 Å². The minimum Gasteiger partial charge on any atom is -0.306 e. The van der Waals surface area contributed by atoms with Crippen LogP contribution in [0.2, 0.25) is 0 Å². The summed E-state index contributed by atoms with van der Waals surface area (Å²) in [6, 6.07) is 4.65. The Hall–Kier alpha value is -1.30. The van der Waals surface area contributed by atoms with E-state index in [0.29, 0.717) is 36.1 Å². The number of hydrogen-bond donors (Lipinski definition) is 0. The molecule has 6 heterocycles. The van der Waals surface area contributed by atoms with Gasteiger partial charge in [-0.25, -0.2) is 0 Å². The highest BCUT2D eigenvalue weighted by molar-refractivity contribution is 9.11. The first kappa shape index (κ1) is 53.1. The monoisotopic (exact) mass is 1090 g/mol. The Bertz CT molecular complexity index is 2210. The molecule has 0 fully saturated rings. The Balaban J connectivity index is 1.43. The van der Waals surface area contributed by atoms with Crippen LogP contribution in [0.5, 0.6) is 0 Å². The van der Waals surface area contributed by atoms with Crippen LogP contribution in [0, 0.1) is 11.8 Å². The van der Waals surface area contributed by atoms with Crippen molar-refractivity contribution < 1.29 is 9.59 Å². The van der Waals surface area contributed by atoms with Crippen molar-refractivity contribution in [3.63, 3.8) is 0 Å². The van der Waals surface area contributed by atoms with E-state index in [1.807, 2.05) is 45.3 Å². The molecule has 0 spiro atoms. The quantitative estimate of drug-likeness (QED) is 0.0446. The van der Waals surface area contributed by atoms with E-state index in [1.54, 1.807) is 0 Å². The summed E-state index contributed by atoms with van der Waals surface area (Å²) in [5, 5.41) is 0. The number of hydrogen-bond acceptors (Lipinski definition) is 6. The molecule has 0 saturated carbocycles. The molecule has 0 aliphatic carbocycles.